The van der Waals surface area contributed by atoms with Crippen LogP contribution < -0.4 is 10.1 Å². The van der Waals surface area contributed by atoms with E-state index in [0.29, 0.717) is 28.7 Å². The second kappa shape index (κ2) is 8.49. The lowest BCUT2D eigenvalue weighted by molar-refractivity contribution is 0.0730. The molecule has 4 rings (SSSR count). The van der Waals surface area contributed by atoms with E-state index in [9.17, 15) is 9.59 Å². The zero-order valence-electron chi connectivity index (χ0n) is 16.1. The molecule has 0 radical (unpaired) electrons. The van der Waals surface area contributed by atoms with Gasteiger partial charge in [0.1, 0.15) is 5.75 Å². The quantitative estimate of drug-likeness (QED) is 0.612. The maximum Gasteiger partial charge on any atom is 0.265 e. The molecule has 2 amide bonds. The number of hydrogen-bond donors (Lipinski definition) is 1. The Balaban J connectivity index is 1.44. The van der Waals surface area contributed by atoms with Crippen LogP contribution >= 0.6 is 11.3 Å². The van der Waals surface area contributed by atoms with Crippen molar-refractivity contribution in [1.29, 1.82) is 0 Å². The number of rotatable bonds is 7. The Morgan fingerprint density at radius 2 is 1.79 bits per heavy atom. The first kappa shape index (κ1) is 19.2. The molecule has 1 saturated carbocycles. The first-order valence-corrected chi connectivity index (χ1v) is 10.4. The van der Waals surface area contributed by atoms with Gasteiger partial charge < -0.3 is 15.0 Å². The van der Waals surface area contributed by atoms with E-state index < -0.39 is 0 Å². The highest BCUT2D eigenvalue weighted by atomic mass is 32.1. The number of ether oxygens (including phenoxy) is 1. The molecule has 1 fully saturated rings. The van der Waals surface area contributed by atoms with Crippen molar-refractivity contribution in [1.82, 2.24) is 4.90 Å². The third-order valence-electron chi connectivity index (χ3n) is 4.90. The average Bonchev–Trinajstić information content (AvgIpc) is 3.44. The predicted octanol–water partition coefficient (Wildman–Crippen LogP) is 4.81. The molecule has 0 bridgehead atoms. The maximum atomic E-state index is 13.1. The van der Waals surface area contributed by atoms with Gasteiger partial charge in [-0.2, -0.15) is 0 Å². The van der Waals surface area contributed by atoms with Crippen LogP contribution in [0.1, 0.15) is 38.4 Å². The molecule has 0 spiro atoms. The Morgan fingerprint density at radius 3 is 2.38 bits per heavy atom. The highest BCUT2D eigenvalue weighted by Crippen LogP contribution is 2.30. The minimum absolute atomic E-state index is 0.0134. The van der Waals surface area contributed by atoms with Crippen LogP contribution in [-0.4, -0.2) is 29.9 Å². The van der Waals surface area contributed by atoms with Crippen molar-refractivity contribution in [3.05, 3.63) is 82.0 Å². The average molecular weight is 407 g/mol. The summed E-state index contributed by atoms with van der Waals surface area (Å²) in [5.41, 5.74) is 2.37. The molecule has 1 aliphatic rings. The molecule has 1 N–H and O–H groups in total. The summed E-state index contributed by atoms with van der Waals surface area (Å²) in [6.45, 7) is 0.574. The van der Waals surface area contributed by atoms with Crippen molar-refractivity contribution < 1.29 is 14.3 Å². The van der Waals surface area contributed by atoms with E-state index in [0.717, 1.165) is 24.2 Å². The van der Waals surface area contributed by atoms with Gasteiger partial charge in [-0.3, -0.25) is 9.59 Å². The molecular weight excluding hydrogens is 384 g/mol. The van der Waals surface area contributed by atoms with Crippen LogP contribution in [0.5, 0.6) is 5.75 Å². The second-order valence-corrected chi connectivity index (χ2v) is 7.97. The van der Waals surface area contributed by atoms with E-state index in [-0.39, 0.29) is 11.8 Å². The van der Waals surface area contributed by atoms with Crippen molar-refractivity contribution in [2.45, 2.75) is 25.4 Å². The van der Waals surface area contributed by atoms with E-state index in [1.165, 1.54) is 11.3 Å². The first-order chi connectivity index (χ1) is 14.1. The fourth-order valence-electron chi connectivity index (χ4n) is 3.14. The fourth-order valence-corrected chi connectivity index (χ4v) is 3.76. The predicted molar refractivity (Wildman–Crippen MR) is 115 cm³/mol. The highest BCUT2D eigenvalue weighted by Gasteiger charge is 2.33. The van der Waals surface area contributed by atoms with E-state index in [2.05, 4.69) is 5.32 Å². The Morgan fingerprint density at radius 1 is 1.07 bits per heavy atom. The zero-order valence-corrected chi connectivity index (χ0v) is 16.9. The molecule has 0 unspecified atom stereocenters. The zero-order chi connectivity index (χ0) is 20.2. The molecule has 5 nitrogen and oxygen atoms in total. The number of methoxy groups -OCH3 is 1. The minimum Gasteiger partial charge on any atom is -0.497 e. The summed E-state index contributed by atoms with van der Waals surface area (Å²) in [6.07, 6.45) is 2.08. The largest absolute Gasteiger partial charge is 0.497 e. The van der Waals surface area contributed by atoms with Crippen molar-refractivity contribution in [2.24, 2.45) is 0 Å². The molecule has 1 heterocycles. The van der Waals surface area contributed by atoms with Gasteiger partial charge >= 0.3 is 0 Å². The Bertz CT molecular complexity index is 978. The molecule has 29 heavy (non-hydrogen) atoms. The van der Waals surface area contributed by atoms with E-state index in [1.807, 2.05) is 40.6 Å². The van der Waals surface area contributed by atoms with Gasteiger partial charge in [-0.1, -0.05) is 18.2 Å². The van der Waals surface area contributed by atoms with Gasteiger partial charge in [0.25, 0.3) is 11.8 Å². The lowest BCUT2D eigenvalue weighted by Crippen LogP contribution is -2.32. The number of carbonyl (C=O) groups excluding carboxylic acids is 2. The van der Waals surface area contributed by atoms with Crippen molar-refractivity contribution in [3.63, 3.8) is 0 Å². The van der Waals surface area contributed by atoms with Crippen molar-refractivity contribution in [2.75, 3.05) is 12.4 Å². The first-order valence-electron chi connectivity index (χ1n) is 9.53. The van der Waals surface area contributed by atoms with Crippen LogP contribution in [0, 0.1) is 0 Å². The lowest BCUT2D eigenvalue weighted by Gasteiger charge is -2.23. The minimum atomic E-state index is -0.141. The van der Waals surface area contributed by atoms with Gasteiger partial charge in [0, 0.05) is 23.8 Å². The lowest BCUT2D eigenvalue weighted by atomic mass is 10.1. The molecular formula is C23H22N2O3S. The topological polar surface area (TPSA) is 58.6 Å². The molecule has 0 saturated heterocycles. The SMILES string of the molecule is COc1ccc(CN(C(=O)c2ccc(NC(=O)c3cccs3)cc2)C2CC2)cc1. The third kappa shape index (κ3) is 4.66. The molecule has 148 valence electrons. The number of benzene rings is 2. The normalized spacial score (nSPS) is 13.0. The van der Waals surface area contributed by atoms with E-state index >= 15 is 0 Å². The fraction of sp³-hybridized carbons (Fsp3) is 0.217. The summed E-state index contributed by atoms with van der Waals surface area (Å²) in [4.78, 5) is 27.8. The summed E-state index contributed by atoms with van der Waals surface area (Å²) in [6, 6.07) is 18.8. The maximum absolute atomic E-state index is 13.1. The number of nitrogens with zero attached hydrogens (tertiary/aromatic N) is 1. The van der Waals surface area contributed by atoms with Crippen molar-refractivity contribution in [3.8, 4) is 5.75 Å². The van der Waals surface area contributed by atoms with Crippen LogP contribution in [0.3, 0.4) is 0 Å². The van der Waals surface area contributed by atoms with Crippen LogP contribution in [0.25, 0.3) is 0 Å². The monoisotopic (exact) mass is 406 g/mol. The van der Waals surface area contributed by atoms with Gasteiger partial charge in [0.2, 0.25) is 0 Å². The van der Waals surface area contributed by atoms with Crippen LogP contribution in [0.2, 0.25) is 0 Å². The smallest absolute Gasteiger partial charge is 0.265 e. The van der Waals surface area contributed by atoms with Gasteiger partial charge in [-0.15, -0.1) is 11.3 Å². The Kier molecular flexibility index (Phi) is 5.62. The third-order valence-corrected chi connectivity index (χ3v) is 5.76. The van der Waals surface area contributed by atoms with Gasteiger partial charge in [-0.25, -0.2) is 0 Å². The second-order valence-electron chi connectivity index (χ2n) is 7.02. The summed E-state index contributed by atoms with van der Waals surface area (Å²) < 4.78 is 5.20. The number of nitrogens with one attached hydrogen (secondary N) is 1. The molecule has 0 atom stereocenters. The molecule has 1 aromatic heterocycles. The van der Waals surface area contributed by atoms with Crippen LogP contribution in [0.4, 0.5) is 5.69 Å². The van der Waals surface area contributed by atoms with Crippen LogP contribution in [0.15, 0.2) is 66.0 Å². The summed E-state index contributed by atoms with van der Waals surface area (Å²) >= 11 is 1.39. The molecule has 3 aromatic rings. The Hall–Kier alpha value is -3.12. The summed E-state index contributed by atoms with van der Waals surface area (Å²) in [5, 5.41) is 4.73. The number of carbonyl (C=O) groups is 2. The highest BCUT2D eigenvalue weighted by molar-refractivity contribution is 7.12. The van der Waals surface area contributed by atoms with Crippen LogP contribution in [-0.2, 0) is 6.54 Å². The Labute approximate surface area is 173 Å². The number of anilines is 1. The van der Waals surface area contributed by atoms with E-state index in [4.69, 9.17) is 4.74 Å². The van der Waals surface area contributed by atoms with Crippen molar-refractivity contribution >= 4 is 28.8 Å². The molecule has 2 aromatic carbocycles. The summed E-state index contributed by atoms with van der Waals surface area (Å²) in [7, 11) is 1.64. The number of thiophene rings is 1. The number of amides is 2. The summed E-state index contributed by atoms with van der Waals surface area (Å²) in [5.74, 6) is 0.677. The molecule has 1 aliphatic carbocycles. The van der Waals surface area contributed by atoms with Gasteiger partial charge in [0.05, 0.1) is 12.0 Å². The van der Waals surface area contributed by atoms with E-state index in [1.54, 1.807) is 37.4 Å². The van der Waals surface area contributed by atoms with Gasteiger partial charge in [0.15, 0.2) is 0 Å². The standard InChI is InChI=1S/C23H22N2O3S/c1-28-20-12-4-16(5-13-20)15-25(19-10-11-19)23(27)17-6-8-18(9-7-17)24-22(26)21-3-2-14-29-21/h2-9,12-14,19H,10-11,15H2,1H3,(H,24,26). The molecule has 6 heteroatoms. The number of hydrogen-bond acceptors (Lipinski definition) is 4. The molecule has 0 aliphatic heterocycles. The van der Waals surface area contributed by atoms with Gasteiger partial charge in [-0.05, 0) is 66.2 Å².